The Morgan fingerprint density at radius 1 is 1.26 bits per heavy atom. The van der Waals surface area contributed by atoms with Crippen LogP contribution in [0.25, 0.3) is 0 Å². The Hall–Kier alpha value is -1.27. The lowest BCUT2D eigenvalue weighted by molar-refractivity contribution is -0.274. The van der Waals surface area contributed by atoms with Crippen LogP contribution < -0.4 is 10.1 Å². The first-order valence-electron chi connectivity index (χ1n) is 6.18. The minimum Gasteiger partial charge on any atom is -0.406 e. The molecule has 1 aliphatic rings. The lowest BCUT2D eigenvalue weighted by atomic mass is 10.1. The quantitative estimate of drug-likeness (QED) is 0.836. The Labute approximate surface area is 109 Å². The maximum Gasteiger partial charge on any atom is 0.573 e. The first kappa shape index (κ1) is 14.1. The zero-order valence-corrected chi connectivity index (χ0v) is 10.3. The van der Waals surface area contributed by atoms with Gasteiger partial charge in [-0.25, -0.2) is 0 Å². The average molecular weight is 275 g/mol. The normalized spacial score (nSPS) is 17.3. The van der Waals surface area contributed by atoms with Gasteiger partial charge in [0.2, 0.25) is 0 Å². The van der Waals surface area contributed by atoms with Crippen LogP contribution in [0.4, 0.5) is 13.2 Å². The second-order valence-electron chi connectivity index (χ2n) is 4.73. The summed E-state index contributed by atoms with van der Waals surface area (Å²) in [4.78, 5) is 0. The van der Waals surface area contributed by atoms with E-state index in [1.165, 1.54) is 24.3 Å². The molecule has 2 N–H and O–H groups in total. The minimum absolute atomic E-state index is 0.248. The first-order valence-corrected chi connectivity index (χ1v) is 6.18. The molecule has 0 amide bonds. The predicted octanol–water partition coefficient (Wildman–Crippen LogP) is 2.24. The van der Waals surface area contributed by atoms with E-state index in [4.69, 9.17) is 0 Å². The predicted molar refractivity (Wildman–Crippen MR) is 63.9 cm³/mol. The van der Waals surface area contributed by atoms with Gasteiger partial charge in [0.05, 0.1) is 6.10 Å². The Morgan fingerprint density at radius 2 is 1.89 bits per heavy atom. The van der Waals surface area contributed by atoms with E-state index in [0.29, 0.717) is 19.0 Å². The van der Waals surface area contributed by atoms with Crippen LogP contribution in [0.15, 0.2) is 24.3 Å². The van der Waals surface area contributed by atoms with Gasteiger partial charge in [-0.05, 0) is 37.0 Å². The molecule has 19 heavy (non-hydrogen) atoms. The maximum absolute atomic E-state index is 12.0. The highest BCUT2D eigenvalue weighted by Crippen LogP contribution is 2.23. The number of alkyl halides is 3. The topological polar surface area (TPSA) is 41.5 Å². The number of aliphatic hydroxyl groups excluding tert-OH is 1. The Balaban J connectivity index is 1.80. The number of nitrogens with one attached hydrogen (secondary N) is 1. The third kappa shape index (κ3) is 5.48. The van der Waals surface area contributed by atoms with E-state index in [2.05, 4.69) is 10.1 Å². The molecule has 1 fully saturated rings. The molecule has 1 saturated carbocycles. The van der Waals surface area contributed by atoms with E-state index in [1.54, 1.807) is 0 Å². The first-order chi connectivity index (χ1) is 8.92. The number of hydrogen-bond donors (Lipinski definition) is 2. The summed E-state index contributed by atoms with van der Waals surface area (Å²) in [5, 5.41) is 13.0. The van der Waals surface area contributed by atoms with Gasteiger partial charge >= 0.3 is 6.36 Å². The lowest BCUT2D eigenvalue weighted by Gasteiger charge is -2.12. The lowest BCUT2D eigenvalue weighted by Crippen LogP contribution is -2.29. The summed E-state index contributed by atoms with van der Waals surface area (Å²) in [7, 11) is 0. The number of ether oxygens (including phenoxy) is 1. The van der Waals surface area contributed by atoms with Crippen LogP contribution in [0.3, 0.4) is 0 Å². The van der Waals surface area contributed by atoms with E-state index < -0.39 is 12.5 Å². The highest BCUT2D eigenvalue weighted by Gasteiger charge is 2.31. The second kappa shape index (κ2) is 5.79. The molecule has 0 saturated heterocycles. The largest absolute Gasteiger partial charge is 0.573 e. The molecule has 1 aromatic carbocycles. The molecular weight excluding hydrogens is 259 g/mol. The van der Waals surface area contributed by atoms with Crippen molar-refractivity contribution in [3.05, 3.63) is 29.8 Å². The molecular formula is C13H16F3NO2. The van der Waals surface area contributed by atoms with Gasteiger partial charge in [-0.1, -0.05) is 12.1 Å². The van der Waals surface area contributed by atoms with Crippen molar-refractivity contribution in [2.75, 3.05) is 6.54 Å². The summed E-state index contributed by atoms with van der Waals surface area (Å²) in [5.74, 6) is -0.248. The van der Waals surface area contributed by atoms with Crippen molar-refractivity contribution in [1.29, 1.82) is 0 Å². The standard InChI is InChI=1S/C13H16F3NO2/c14-13(15,16)19-12-5-1-9(2-6-12)7-11(18)8-17-10-3-4-10/h1-2,5-6,10-11,17-18H,3-4,7-8H2. The van der Waals surface area contributed by atoms with E-state index in [-0.39, 0.29) is 5.75 Å². The summed E-state index contributed by atoms with van der Waals surface area (Å²) in [5.41, 5.74) is 0.777. The van der Waals surface area contributed by atoms with E-state index in [9.17, 15) is 18.3 Å². The van der Waals surface area contributed by atoms with Crippen molar-refractivity contribution in [1.82, 2.24) is 5.32 Å². The average Bonchev–Trinajstić information content (AvgIpc) is 3.11. The zero-order chi connectivity index (χ0) is 13.9. The molecule has 106 valence electrons. The van der Waals surface area contributed by atoms with Crippen molar-refractivity contribution in [3.63, 3.8) is 0 Å². The molecule has 1 atom stereocenters. The molecule has 2 rings (SSSR count). The second-order valence-corrected chi connectivity index (χ2v) is 4.73. The molecule has 0 spiro atoms. The number of rotatable bonds is 6. The number of benzene rings is 1. The molecule has 6 heteroatoms. The van der Waals surface area contributed by atoms with Gasteiger partial charge in [0.25, 0.3) is 0 Å². The summed E-state index contributed by atoms with van der Waals surface area (Å²) in [6, 6.07) is 6.09. The molecule has 0 bridgehead atoms. The zero-order valence-electron chi connectivity index (χ0n) is 10.3. The SMILES string of the molecule is OC(CNC1CC1)Cc1ccc(OC(F)(F)F)cc1. The highest BCUT2D eigenvalue weighted by molar-refractivity contribution is 5.27. The minimum atomic E-state index is -4.67. The Kier molecular flexibility index (Phi) is 4.31. The van der Waals surface area contributed by atoms with E-state index in [1.807, 2.05) is 0 Å². The summed E-state index contributed by atoms with van der Waals surface area (Å²) >= 11 is 0. The van der Waals surface area contributed by atoms with E-state index >= 15 is 0 Å². The smallest absolute Gasteiger partial charge is 0.406 e. The fourth-order valence-electron chi connectivity index (χ4n) is 1.76. The van der Waals surface area contributed by atoms with Gasteiger partial charge in [0.15, 0.2) is 0 Å². The van der Waals surface area contributed by atoms with Crippen LogP contribution in [-0.4, -0.2) is 30.2 Å². The molecule has 0 aromatic heterocycles. The molecule has 0 radical (unpaired) electrons. The van der Waals surface area contributed by atoms with Gasteiger partial charge in [0, 0.05) is 12.6 Å². The van der Waals surface area contributed by atoms with Gasteiger partial charge in [-0.3, -0.25) is 0 Å². The van der Waals surface area contributed by atoms with Crippen LogP contribution in [0.2, 0.25) is 0 Å². The fourth-order valence-corrected chi connectivity index (χ4v) is 1.76. The number of halogens is 3. The Bertz CT molecular complexity index is 401. The highest BCUT2D eigenvalue weighted by atomic mass is 19.4. The van der Waals surface area contributed by atoms with Crippen molar-refractivity contribution in [3.8, 4) is 5.75 Å². The fraction of sp³-hybridized carbons (Fsp3) is 0.538. The van der Waals surface area contributed by atoms with Gasteiger partial charge in [0.1, 0.15) is 5.75 Å². The molecule has 1 aromatic rings. The summed E-state index contributed by atoms with van der Waals surface area (Å²) in [6.45, 7) is 0.505. The van der Waals surface area contributed by atoms with Crippen molar-refractivity contribution >= 4 is 0 Å². The van der Waals surface area contributed by atoms with Crippen LogP contribution in [0.5, 0.6) is 5.75 Å². The molecule has 1 aliphatic carbocycles. The molecule has 0 heterocycles. The molecule has 3 nitrogen and oxygen atoms in total. The third-order valence-corrected chi connectivity index (χ3v) is 2.85. The van der Waals surface area contributed by atoms with Crippen molar-refractivity contribution in [2.24, 2.45) is 0 Å². The van der Waals surface area contributed by atoms with Crippen LogP contribution in [0, 0.1) is 0 Å². The van der Waals surface area contributed by atoms with Crippen LogP contribution in [-0.2, 0) is 6.42 Å². The van der Waals surface area contributed by atoms with E-state index in [0.717, 1.165) is 18.4 Å². The van der Waals surface area contributed by atoms with Gasteiger partial charge < -0.3 is 15.2 Å². The van der Waals surface area contributed by atoms with Crippen LogP contribution in [0.1, 0.15) is 18.4 Å². The van der Waals surface area contributed by atoms with Gasteiger partial charge in [-0.15, -0.1) is 13.2 Å². The monoisotopic (exact) mass is 275 g/mol. The maximum atomic E-state index is 12.0. The van der Waals surface area contributed by atoms with Crippen molar-refractivity contribution < 1.29 is 23.0 Å². The van der Waals surface area contributed by atoms with Crippen molar-refractivity contribution in [2.45, 2.75) is 37.8 Å². The number of hydrogen-bond acceptors (Lipinski definition) is 3. The van der Waals surface area contributed by atoms with Gasteiger partial charge in [-0.2, -0.15) is 0 Å². The molecule has 0 aliphatic heterocycles. The number of aliphatic hydroxyl groups is 1. The summed E-state index contributed by atoms with van der Waals surface area (Å²) in [6.07, 6.45) is -2.50. The third-order valence-electron chi connectivity index (χ3n) is 2.85. The van der Waals surface area contributed by atoms with Crippen LogP contribution >= 0.6 is 0 Å². The summed E-state index contributed by atoms with van der Waals surface area (Å²) < 4.78 is 39.7. The Morgan fingerprint density at radius 3 is 2.42 bits per heavy atom. The molecule has 1 unspecified atom stereocenters.